The average Bonchev–Trinajstić information content (AvgIpc) is 3.17. The maximum absolute atomic E-state index is 12.7. The van der Waals surface area contributed by atoms with Gasteiger partial charge in [-0.05, 0) is 30.9 Å². The Bertz CT molecular complexity index is 679. The van der Waals surface area contributed by atoms with Gasteiger partial charge in [0.2, 0.25) is 11.8 Å². The summed E-state index contributed by atoms with van der Waals surface area (Å²) in [4.78, 5) is 26.8. The van der Waals surface area contributed by atoms with Gasteiger partial charge in [0.15, 0.2) is 6.04 Å². The van der Waals surface area contributed by atoms with Crippen LogP contribution in [0.25, 0.3) is 0 Å². The molecule has 1 aliphatic rings. The fourth-order valence-electron chi connectivity index (χ4n) is 3.18. The molecule has 0 aliphatic carbocycles. The van der Waals surface area contributed by atoms with Crippen molar-refractivity contribution < 1.29 is 9.59 Å². The van der Waals surface area contributed by atoms with Crippen molar-refractivity contribution in [3.8, 4) is 0 Å². The smallest absolute Gasteiger partial charge is 0.249 e. The zero-order valence-corrected chi connectivity index (χ0v) is 14.3. The van der Waals surface area contributed by atoms with Crippen molar-refractivity contribution in [3.63, 3.8) is 0 Å². The summed E-state index contributed by atoms with van der Waals surface area (Å²) in [6.45, 7) is 2.03. The predicted molar refractivity (Wildman–Crippen MR) is 94.9 cm³/mol. The lowest BCUT2D eigenvalue weighted by Crippen LogP contribution is -2.39. The number of amides is 2. The molecular weight excluding hydrogens is 316 g/mol. The van der Waals surface area contributed by atoms with E-state index in [9.17, 15) is 9.59 Å². The maximum Gasteiger partial charge on any atom is 0.249 e. The first-order valence-corrected chi connectivity index (χ1v) is 8.85. The SMILES string of the molecule is O=C(NCCC(=O)N1CCCCC1)[C@H](c1ccccc1)n1cccn1. The third kappa shape index (κ3) is 4.47. The molecule has 0 radical (unpaired) electrons. The van der Waals surface area contributed by atoms with Gasteiger partial charge in [0, 0.05) is 38.4 Å². The summed E-state index contributed by atoms with van der Waals surface area (Å²) >= 11 is 0. The molecule has 1 saturated heterocycles. The Balaban J connectivity index is 1.58. The Kier molecular flexibility index (Phi) is 5.82. The molecule has 6 heteroatoms. The molecule has 2 aromatic rings. The highest BCUT2D eigenvalue weighted by Crippen LogP contribution is 2.17. The van der Waals surface area contributed by atoms with Gasteiger partial charge >= 0.3 is 0 Å². The molecule has 1 aromatic carbocycles. The minimum atomic E-state index is -0.527. The monoisotopic (exact) mass is 340 g/mol. The number of hydrogen-bond donors (Lipinski definition) is 1. The van der Waals surface area contributed by atoms with Crippen LogP contribution in [-0.2, 0) is 9.59 Å². The number of nitrogens with zero attached hydrogens (tertiary/aromatic N) is 3. The standard InChI is InChI=1S/C19H24N4O2/c24-17(22-13-5-2-6-14-22)10-12-20-19(25)18(23-15-7-11-21-23)16-8-3-1-4-9-16/h1,3-4,7-9,11,15,18H,2,5-6,10,12-14H2,(H,20,25)/t18-/m0/s1. The molecular formula is C19H24N4O2. The Morgan fingerprint density at radius 3 is 2.52 bits per heavy atom. The van der Waals surface area contributed by atoms with Crippen LogP contribution in [0.5, 0.6) is 0 Å². The summed E-state index contributed by atoms with van der Waals surface area (Å²) in [6.07, 6.45) is 7.12. The lowest BCUT2D eigenvalue weighted by molar-refractivity contribution is -0.132. The van der Waals surface area contributed by atoms with Crippen molar-refractivity contribution in [1.29, 1.82) is 0 Å². The first kappa shape index (κ1) is 17.2. The van der Waals surface area contributed by atoms with Crippen LogP contribution in [-0.4, -0.2) is 46.1 Å². The topological polar surface area (TPSA) is 67.2 Å². The van der Waals surface area contributed by atoms with E-state index in [1.54, 1.807) is 23.1 Å². The highest BCUT2D eigenvalue weighted by molar-refractivity contribution is 5.84. The van der Waals surface area contributed by atoms with E-state index in [-0.39, 0.29) is 11.8 Å². The van der Waals surface area contributed by atoms with Crippen LogP contribution in [0.4, 0.5) is 0 Å². The van der Waals surface area contributed by atoms with Gasteiger partial charge in [-0.25, -0.2) is 0 Å². The molecule has 1 N–H and O–H groups in total. The molecule has 0 saturated carbocycles. The highest BCUT2D eigenvalue weighted by atomic mass is 16.2. The van der Waals surface area contributed by atoms with E-state index in [4.69, 9.17) is 0 Å². The fraction of sp³-hybridized carbons (Fsp3) is 0.421. The number of piperidine rings is 1. The van der Waals surface area contributed by atoms with Gasteiger partial charge in [-0.1, -0.05) is 30.3 Å². The Hall–Kier alpha value is -2.63. The van der Waals surface area contributed by atoms with E-state index >= 15 is 0 Å². The van der Waals surface area contributed by atoms with Gasteiger partial charge in [-0.2, -0.15) is 5.10 Å². The first-order chi connectivity index (χ1) is 12.3. The summed E-state index contributed by atoms with van der Waals surface area (Å²) in [5.74, 6) is -0.0308. The average molecular weight is 340 g/mol. The lowest BCUT2D eigenvalue weighted by Gasteiger charge is -2.27. The summed E-state index contributed by atoms with van der Waals surface area (Å²) in [7, 11) is 0. The molecule has 1 atom stereocenters. The predicted octanol–water partition coefficient (Wildman–Crippen LogP) is 1.99. The van der Waals surface area contributed by atoms with Crippen LogP contribution < -0.4 is 5.32 Å². The van der Waals surface area contributed by atoms with Gasteiger partial charge in [0.25, 0.3) is 0 Å². The van der Waals surface area contributed by atoms with Crippen LogP contribution in [0.1, 0.15) is 37.3 Å². The molecule has 2 amide bonds. The summed E-state index contributed by atoms with van der Waals surface area (Å²) in [6, 6.07) is 10.8. The van der Waals surface area contributed by atoms with Crippen molar-refractivity contribution in [3.05, 3.63) is 54.4 Å². The minimum Gasteiger partial charge on any atom is -0.353 e. The van der Waals surface area contributed by atoms with E-state index in [1.807, 2.05) is 35.2 Å². The molecule has 0 unspecified atom stereocenters. The third-order valence-corrected chi connectivity index (χ3v) is 4.50. The van der Waals surface area contributed by atoms with Crippen LogP contribution in [0.2, 0.25) is 0 Å². The lowest BCUT2D eigenvalue weighted by atomic mass is 10.1. The van der Waals surface area contributed by atoms with Gasteiger partial charge < -0.3 is 10.2 Å². The van der Waals surface area contributed by atoms with Crippen molar-refractivity contribution in [2.24, 2.45) is 0 Å². The van der Waals surface area contributed by atoms with Crippen LogP contribution in [0.3, 0.4) is 0 Å². The molecule has 25 heavy (non-hydrogen) atoms. The number of nitrogens with one attached hydrogen (secondary N) is 1. The molecule has 1 fully saturated rings. The maximum atomic E-state index is 12.7. The van der Waals surface area contributed by atoms with Gasteiger partial charge in [-0.15, -0.1) is 0 Å². The highest BCUT2D eigenvalue weighted by Gasteiger charge is 2.23. The second-order valence-corrected chi connectivity index (χ2v) is 6.28. The number of rotatable bonds is 6. The molecule has 132 valence electrons. The van der Waals surface area contributed by atoms with Gasteiger partial charge in [0.1, 0.15) is 0 Å². The van der Waals surface area contributed by atoms with E-state index in [0.29, 0.717) is 13.0 Å². The minimum absolute atomic E-state index is 0.121. The largest absolute Gasteiger partial charge is 0.353 e. The van der Waals surface area contributed by atoms with E-state index in [0.717, 1.165) is 31.5 Å². The Morgan fingerprint density at radius 1 is 1.08 bits per heavy atom. The first-order valence-electron chi connectivity index (χ1n) is 8.85. The van der Waals surface area contributed by atoms with E-state index < -0.39 is 6.04 Å². The van der Waals surface area contributed by atoms with E-state index in [1.165, 1.54) is 6.42 Å². The van der Waals surface area contributed by atoms with Crippen molar-refractivity contribution in [2.75, 3.05) is 19.6 Å². The number of carbonyl (C=O) groups is 2. The number of aromatic nitrogens is 2. The molecule has 1 aromatic heterocycles. The zero-order chi connectivity index (χ0) is 17.5. The van der Waals surface area contributed by atoms with Gasteiger partial charge in [-0.3, -0.25) is 14.3 Å². The van der Waals surface area contributed by atoms with Crippen molar-refractivity contribution in [1.82, 2.24) is 20.0 Å². The molecule has 0 spiro atoms. The number of carbonyl (C=O) groups excluding carboxylic acids is 2. The molecule has 6 nitrogen and oxygen atoms in total. The van der Waals surface area contributed by atoms with Gasteiger partial charge in [0.05, 0.1) is 0 Å². The number of benzene rings is 1. The van der Waals surface area contributed by atoms with E-state index in [2.05, 4.69) is 10.4 Å². The summed E-state index contributed by atoms with van der Waals surface area (Å²) in [5.41, 5.74) is 0.867. The molecule has 2 heterocycles. The van der Waals surface area contributed by atoms with Crippen LogP contribution in [0.15, 0.2) is 48.8 Å². The molecule has 0 bridgehead atoms. The Labute approximate surface area is 147 Å². The van der Waals surface area contributed by atoms with Crippen LogP contribution >= 0.6 is 0 Å². The van der Waals surface area contributed by atoms with Crippen LogP contribution in [0, 0.1) is 0 Å². The third-order valence-electron chi connectivity index (χ3n) is 4.50. The summed E-state index contributed by atoms with van der Waals surface area (Å²) in [5, 5.41) is 7.10. The second kappa shape index (κ2) is 8.46. The normalized spacial score (nSPS) is 15.6. The fourth-order valence-corrected chi connectivity index (χ4v) is 3.18. The quantitative estimate of drug-likeness (QED) is 0.874. The second-order valence-electron chi connectivity index (χ2n) is 6.28. The number of hydrogen-bond acceptors (Lipinski definition) is 3. The zero-order valence-electron chi connectivity index (χ0n) is 14.3. The van der Waals surface area contributed by atoms with Crippen molar-refractivity contribution >= 4 is 11.8 Å². The summed E-state index contributed by atoms with van der Waals surface area (Å²) < 4.78 is 1.64. The molecule has 1 aliphatic heterocycles. The Morgan fingerprint density at radius 2 is 1.84 bits per heavy atom. The number of likely N-dealkylation sites (tertiary alicyclic amines) is 1. The molecule has 3 rings (SSSR count). The van der Waals surface area contributed by atoms with Crippen molar-refractivity contribution in [2.45, 2.75) is 31.7 Å².